The van der Waals surface area contributed by atoms with E-state index in [0.29, 0.717) is 30.3 Å². The smallest absolute Gasteiger partial charge is 0.253 e. The third kappa shape index (κ3) is 3.94. The molecule has 0 fully saturated rings. The first-order valence-electron chi connectivity index (χ1n) is 8.28. The number of aromatic nitrogens is 2. The Hall–Kier alpha value is -3.06. The minimum Gasteiger partial charge on any atom is -0.539 e. The summed E-state index contributed by atoms with van der Waals surface area (Å²) in [5.41, 5.74) is 2.36. The van der Waals surface area contributed by atoms with E-state index >= 15 is 0 Å². The van der Waals surface area contributed by atoms with Crippen LogP contribution < -0.4 is 24.6 Å². The molecule has 0 atom stereocenters. The molecule has 2 aromatic carbocycles. The van der Waals surface area contributed by atoms with Gasteiger partial charge in [0.2, 0.25) is 5.69 Å². The highest BCUT2D eigenvalue weighted by Gasteiger charge is 2.19. The van der Waals surface area contributed by atoms with E-state index in [0.717, 1.165) is 17.7 Å². The first-order chi connectivity index (χ1) is 12.7. The van der Waals surface area contributed by atoms with Crippen LogP contribution in [0.3, 0.4) is 0 Å². The van der Waals surface area contributed by atoms with Crippen molar-refractivity contribution in [1.29, 1.82) is 0 Å². The molecular formula is C19H21N3O4. The van der Waals surface area contributed by atoms with Crippen molar-refractivity contribution in [3.05, 3.63) is 59.8 Å². The van der Waals surface area contributed by atoms with Gasteiger partial charge in [-0.05, 0) is 35.3 Å². The molecule has 0 aliphatic rings. The number of benzene rings is 2. The van der Waals surface area contributed by atoms with Crippen molar-refractivity contribution in [2.45, 2.75) is 13.0 Å². The predicted octanol–water partition coefficient (Wildman–Crippen LogP) is 1.37. The molecule has 0 spiro atoms. The third-order valence-corrected chi connectivity index (χ3v) is 4.03. The fourth-order valence-corrected chi connectivity index (χ4v) is 2.66. The van der Waals surface area contributed by atoms with Crippen molar-refractivity contribution in [2.75, 3.05) is 20.8 Å². The number of hydrogen-bond acceptors (Lipinski definition) is 6. The Labute approximate surface area is 151 Å². The molecule has 1 N–H and O–H groups in total. The lowest BCUT2D eigenvalue weighted by Gasteiger charge is -2.09. The molecule has 0 saturated heterocycles. The summed E-state index contributed by atoms with van der Waals surface area (Å²) in [6.45, 7) is 1.05. The molecule has 7 heteroatoms. The normalized spacial score (nSPS) is 10.7. The lowest BCUT2D eigenvalue weighted by Crippen LogP contribution is -2.39. The van der Waals surface area contributed by atoms with Gasteiger partial charge in [0.05, 0.1) is 26.0 Å². The fourth-order valence-electron chi connectivity index (χ4n) is 2.66. The molecule has 1 heterocycles. The van der Waals surface area contributed by atoms with Gasteiger partial charge < -0.3 is 24.4 Å². The van der Waals surface area contributed by atoms with Gasteiger partial charge in [0.15, 0.2) is 17.4 Å². The molecule has 0 unspecified atom stereocenters. The highest BCUT2D eigenvalue weighted by molar-refractivity contribution is 5.42. The van der Waals surface area contributed by atoms with Crippen LogP contribution in [0.25, 0.3) is 5.69 Å². The molecule has 0 bridgehead atoms. The maximum absolute atomic E-state index is 11.9. The van der Waals surface area contributed by atoms with E-state index in [2.05, 4.69) is 10.6 Å². The van der Waals surface area contributed by atoms with Crippen LogP contribution >= 0.6 is 0 Å². The summed E-state index contributed by atoms with van der Waals surface area (Å²) in [5.74, 6) is 0.967. The Morgan fingerprint density at radius 3 is 2.58 bits per heavy atom. The monoisotopic (exact) mass is 355 g/mol. The van der Waals surface area contributed by atoms with Gasteiger partial charge in [0, 0.05) is 12.1 Å². The van der Waals surface area contributed by atoms with E-state index in [-0.39, 0.29) is 0 Å². The van der Waals surface area contributed by atoms with Crippen molar-refractivity contribution in [3.8, 4) is 23.1 Å². The minimum absolute atomic E-state index is 0.366. The van der Waals surface area contributed by atoms with Crippen LogP contribution in [0.2, 0.25) is 0 Å². The lowest BCUT2D eigenvalue weighted by molar-refractivity contribution is -0.677. The Morgan fingerprint density at radius 2 is 1.85 bits per heavy atom. The van der Waals surface area contributed by atoms with Gasteiger partial charge in [0.25, 0.3) is 5.69 Å². The Bertz CT molecular complexity index is 849. The number of nitrogens with zero attached hydrogens (tertiary/aromatic N) is 2. The van der Waals surface area contributed by atoms with E-state index in [1.807, 2.05) is 48.5 Å². The van der Waals surface area contributed by atoms with E-state index in [1.54, 1.807) is 14.2 Å². The Morgan fingerprint density at radius 1 is 1.08 bits per heavy atom. The lowest BCUT2D eigenvalue weighted by atomic mass is 10.1. The van der Waals surface area contributed by atoms with Gasteiger partial charge in [-0.1, -0.05) is 24.3 Å². The van der Waals surface area contributed by atoms with Gasteiger partial charge in [-0.15, -0.1) is 0 Å². The molecule has 7 nitrogen and oxygen atoms in total. The van der Waals surface area contributed by atoms with E-state index < -0.39 is 5.95 Å². The van der Waals surface area contributed by atoms with Crippen LogP contribution in [-0.2, 0) is 13.0 Å². The van der Waals surface area contributed by atoms with Crippen LogP contribution in [0.5, 0.6) is 17.4 Å². The third-order valence-electron chi connectivity index (χ3n) is 4.03. The number of hydrogen-bond donors (Lipinski definition) is 1. The van der Waals surface area contributed by atoms with E-state index in [1.165, 1.54) is 4.68 Å². The van der Waals surface area contributed by atoms with Crippen molar-refractivity contribution < 1.29 is 23.8 Å². The second kappa shape index (κ2) is 8.35. The molecule has 136 valence electrons. The maximum atomic E-state index is 11.9. The molecule has 26 heavy (non-hydrogen) atoms. The SMILES string of the molecule is COc1ccc(CCNCc2c([O-])on[n+]2-c2ccccc2)cc1OC. The summed E-state index contributed by atoms with van der Waals surface area (Å²) < 4.78 is 16.9. The average Bonchev–Trinajstić information content (AvgIpc) is 3.06. The molecule has 0 radical (unpaired) electrons. The fraction of sp³-hybridized carbons (Fsp3) is 0.263. The summed E-state index contributed by atoms with van der Waals surface area (Å²) in [5, 5.41) is 19.0. The van der Waals surface area contributed by atoms with E-state index in [9.17, 15) is 5.11 Å². The quantitative estimate of drug-likeness (QED) is 0.485. The topological polar surface area (TPSA) is 83.5 Å². The summed E-state index contributed by atoms with van der Waals surface area (Å²) in [6.07, 6.45) is 0.783. The zero-order valence-electron chi connectivity index (χ0n) is 14.8. The van der Waals surface area contributed by atoms with Crippen molar-refractivity contribution in [1.82, 2.24) is 10.6 Å². The summed E-state index contributed by atoms with van der Waals surface area (Å²) >= 11 is 0. The number of para-hydroxylation sites is 1. The average molecular weight is 355 g/mol. The van der Waals surface area contributed by atoms with Gasteiger partial charge in [-0.3, -0.25) is 0 Å². The van der Waals surface area contributed by atoms with Gasteiger partial charge in [0.1, 0.15) is 0 Å². The summed E-state index contributed by atoms with van der Waals surface area (Å²) in [4.78, 5) is 0. The highest BCUT2D eigenvalue weighted by atomic mass is 16.6. The Balaban J connectivity index is 1.60. The van der Waals surface area contributed by atoms with Gasteiger partial charge in [-0.25, -0.2) is 0 Å². The standard InChI is InChI=1S/C19H21N3O4/c1-24-17-9-8-14(12-18(17)25-2)10-11-20-13-16-19(23)26-21-22(16)15-6-4-3-5-7-15/h3-9,12,20H,10-11,13H2,1-2H3. The van der Waals surface area contributed by atoms with E-state index in [4.69, 9.17) is 14.0 Å². The molecular weight excluding hydrogens is 334 g/mol. The number of rotatable bonds is 8. The second-order valence-corrected chi connectivity index (χ2v) is 5.67. The predicted molar refractivity (Wildman–Crippen MR) is 92.4 cm³/mol. The molecule has 3 aromatic rings. The number of methoxy groups -OCH3 is 2. The van der Waals surface area contributed by atoms with Crippen molar-refractivity contribution >= 4 is 0 Å². The first kappa shape index (κ1) is 17.8. The van der Waals surface area contributed by atoms with Gasteiger partial charge in [-0.2, -0.15) is 0 Å². The van der Waals surface area contributed by atoms with Crippen LogP contribution in [0, 0.1) is 0 Å². The van der Waals surface area contributed by atoms with Crippen molar-refractivity contribution in [3.63, 3.8) is 0 Å². The van der Waals surface area contributed by atoms with Crippen LogP contribution in [0.1, 0.15) is 11.3 Å². The molecule has 0 saturated carbocycles. The number of nitrogens with one attached hydrogen (secondary N) is 1. The minimum atomic E-state index is -0.438. The zero-order chi connectivity index (χ0) is 18.4. The molecule has 3 rings (SSSR count). The largest absolute Gasteiger partial charge is 0.539 e. The summed E-state index contributed by atoms with van der Waals surface area (Å²) in [6, 6.07) is 15.2. The molecule has 0 aliphatic heterocycles. The zero-order valence-corrected chi connectivity index (χ0v) is 14.8. The van der Waals surface area contributed by atoms with Gasteiger partial charge >= 0.3 is 0 Å². The van der Waals surface area contributed by atoms with Crippen LogP contribution in [0.15, 0.2) is 53.1 Å². The van der Waals surface area contributed by atoms with Crippen molar-refractivity contribution in [2.24, 2.45) is 0 Å². The molecule has 0 amide bonds. The second-order valence-electron chi connectivity index (χ2n) is 5.67. The van der Waals surface area contributed by atoms with Crippen LogP contribution in [-0.4, -0.2) is 26.0 Å². The maximum Gasteiger partial charge on any atom is 0.253 e. The molecule has 1 aromatic heterocycles. The molecule has 0 aliphatic carbocycles. The van der Waals surface area contributed by atoms with Crippen LogP contribution in [0.4, 0.5) is 0 Å². The Kier molecular flexibility index (Phi) is 5.70. The first-order valence-corrected chi connectivity index (χ1v) is 8.28. The number of ether oxygens (including phenoxy) is 2. The highest BCUT2D eigenvalue weighted by Crippen LogP contribution is 2.27. The summed E-state index contributed by atoms with van der Waals surface area (Å²) in [7, 11) is 3.23.